The SMILES string of the molecule is Cc1ccc(OCC#Cc2cccc(C)n2)c(C)c1. The van der Waals surface area contributed by atoms with Crippen molar-refractivity contribution < 1.29 is 4.74 Å². The third-order valence-corrected chi connectivity index (χ3v) is 2.74. The highest BCUT2D eigenvalue weighted by Crippen LogP contribution is 2.18. The van der Waals surface area contributed by atoms with E-state index in [4.69, 9.17) is 4.74 Å². The van der Waals surface area contributed by atoms with Crippen molar-refractivity contribution in [2.75, 3.05) is 6.61 Å². The second-order valence-electron chi connectivity index (χ2n) is 4.52. The van der Waals surface area contributed by atoms with Crippen LogP contribution >= 0.6 is 0 Å². The van der Waals surface area contributed by atoms with Crippen molar-refractivity contribution in [2.24, 2.45) is 0 Å². The predicted molar refractivity (Wildman–Crippen MR) is 77.3 cm³/mol. The summed E-state index contributed by atoms with van der Waals surface area (Å²) in [5.74, 6) is 6.87. The maximum absolute atomic E-state index is 5.64. The van der Waals surface area contributed by atoms with Gasteiger partial charge >= 0.3 is 0 Å². The van der Waals surface area contributed by atoms with Crippen molar-refractivity contribution in [3.8, 4) is 17.6 Å². The van der Waals surface area contributed by atoms with Gasteiger partial charge in [-0.05, 0) is 50.5 Å². The largest absolute Gasteiger partial charge is 0.481 e. The van der Waals surface area contributed by atoms with Crippen molar-refractivity contribution in [3.05, 3.63) is 58.9 Å². The highest BCUT2D eigenvalue weighted by atomic mass is 16.5. The molecule has 2 rings (SSSR count). The van der Waals surface area contributed by atoms with Gasteiger partial charge in [-0.2, -0.15) is 0 Å². The molecule has 0 N–H and O–H groups in total. The first-order valence-electron chi connectivity index (χ1n) is 6.28. The van der Waals surface area contributed by atoms with E-state index in [-0.39, 0.29) is 0 Å². The highest BCUT2D eigenvalue weighted by Gasteiger charge is 1.97. The molecule has 0 spiro atoms. The molecule has 0 aliphatic carbocycles. The second-order valence-corrected chi connectivity index (χ2v) is 4.52. The van der Waals surface area contributed by atoms with Gasteiger partial charge in [-0.25, -0.2) is 4.98 Å². The van der Waals surface area contributed by atoms with Crippen LogP contribution in [-0.4, -0.2) is 11.6 Å². The van der Waals surface area contributed by atoms with Gasteiger partial charge in [0, 0.05) is 5.69 Å². The summed E-state index contributed by atoms with van der Waals surface area (Å²) in [7, 11) is 0. The first kappa shape index (κ1) is 13.2. The van der Waals surface area contributed by atoms with Gasteiger partial charge in [0.1, 0.15) is 18.1 Å². The lowest BCUT2D eigenvalue weighted by Crippen LogP contribution is -1.96. The summed E-state index contributed by atoms with van der Waals surface area (Å²) in [6.45, 7) is 6.44. The first-order chi connectivity index (χ1) is 9.15. The molecule has 0 bridgehead atoms. The van der Waals surface area contributed by atoms with Crippen LogP contribution in [0, 0.1) is 32.6 Å². The third kappa shape index (κ3) is 3.86. The molecule has 0 aliphatic rings. The fraction of sp³-hybridized carbons (Fsp3) is 0.235. The molecule has 0 unspecified atom stereocenters. The molecule has 96 valence electrons. The van der Waals surface area contributed by atoms with E-state index in [1.54, 1.807) is 0 Å². The zero-order chi connectivity index (χ0) is 13.7. The minimum Gasteiger partial charge on any atom is -0.481 e. The Bertz CT molecular complexity index is 635. The van der Waals surface area contributed by atoms with E-state index in [0.29, 0.717) is 6.61 Å². The van der Waals surface area contributed by atoms with Crippen LogP contribution in [0.4, 0.5) is 0 Å². The molecule has 2 heteroatoms. The Morgan fingerprint density at radius 1 is 1.11 bits per heavy atom. The van der Waals surface area contributed by atoms with Crippen LogP contribution in [0.15, 0.2) is 36.4 Å². The number of pyridine rings is 1. The summed E-state index contributed by atoms with van der Waals surface area (Å²) in [6.07, 6.45) is 0. The fourth-order valence-corrected chi connectivity index (χ4v) is 1.81. The maximum Gasteiger partial charge on any atom is 0.149 e. The van der Waals surface area contributed by atoms with Crippen LogP contribution in [0.25, 0.3) is 0 Å². The topological polar surface area (TPSA) is 22.1 Å². The Kier molecular flexibility index (Phi) is 4.20. The first-order valence-corrected chi connectivity index (χ1v) is 6.28. The van der Waals surface area contributed by atoms with Gasteiger partial charge in [0.2, 0.25) is 0 Å². The van der Waals surface area contributed by atoms with E-state index < -0.39 is 0 Å². The van der Waals surface area contributed by atoms with Crippen LogP contribution in [0.2, 0.25) is 0 Å². The number of rotatable bonds is 2. The molecule has 2 nitrogen and oxygen atoms in total. The summed E-state index contributed by atoms with van der Waals surface area (Å²) < 4.78 is 5.64. The summed E-state index contributed by atoms with van der Waals surface area (Å²) in [5.41, 5.74) is 4.13. The number of benzene rings is 1. The molecule has 0 saturated carbocycles. The van der Waals surface area contributed by atoms with Gasteiger partial charge < -0.3 is 4.74 Å². The van der Waals surface area contributed by atoms with Gasteiger partial charge in [0.15, 0.2) is 0 Å². The second kappa shape index (κ2) is 6.06. The standard InChI is InChI=1S/C17H17NO/c1-13-9-10-17(14(2)12-13)19-11-5-8-16-7-4-6-15(3)18-16/h4,6-7,9-10,12H,11H2,1-3H3. The number of ether oxygens (including phenoxy) is 1. The van der Waals surface area contributed by atoms with Crippen LogP contribution in [-0.2, 0) is 0 Å². The third-order valence-electron chi connectivity index (χ3n) is 2.74. The molecule has 0 saturated heterocycles. The van der Waals surface area contributed by atoms with Crippen molar-refractivity contribution >= 4 is 0 Å². The molecule has 0 aliphatic heterocycles. The van der Waals surface area contributed by atoms with Gasteiger partial charge in [-0.3, -0.25) is 0 Å². The number of nitrogens with zero attached hydrogens (tertiary/aromatic N) is 1. The van der Waals surface area contributed by atoms with Gasteiger partial charge in [0.25, 0.3) is 0 Å². The van der Waals surface area contributed by atoms with E-state index >= 15 is 0 Å². The van der Waals surface area contributed by atoms with Gasteiger partial charge in [-0.15, -0.1) is 0 Å². The molecule has 19 heavy (non-hydrogen) atoms. The summed E-state index contributed by atoms with van der Waals surface area (Å²) >= 11 is 0. The van der Waals surface area contributed by atoms with Crippen molar-refractivity contribution in [3.63, 3.8) is 0 Å². The number of aryl methyl sites for hydroxylation is 3. The average molecular weight is 251 g/mol. The van der Waals surface area contributed by atoms with E-state index in [2.05, 4.69) is 29.8 Å². The molecule has 0 amide bonds. The lowest BCUT2D eigenvalue weighted by molar-refractivity contribution is 0.367. The number of hydrogen-bond donors (Lipinski definition) is 0. The van der Waals surface area contributed by atoms with E-state index in [1.807, 2.05) is 44.2 Å². The zero-order valence-electron chi connectivity index (χ0n) is 11.5. The van der Waals surface area contributed by atoms with Crippen LogP contribution in [0.5, 0.6) is 5.75 Å². The number of hydrogen-bond acceptors (Lipinski definition) is 2. The van der Waals surface area contributed by atoms with E-state index in [1.165, 1.54) is 5.56 Å². The minimum atomic E-state index is 0.375. The summed E-state index contributed by atoms with van der Waals surface area (Å²) in [5, 5.41) is 0. The quantitative estimate of drug-likeness (QED) is 0.763. The van der Waals surface area contributed by atoms with Crippen molar-refractivity contribution in [1.29, 1.82) is 0 Å². The fourth-order valence-electron chi connectivity index (χ4n) is 1.81. The molecule has 1 aromatic heterocycles. The maximum atomic E-state index is 5.64. The molecule has 0 atom stereocenters. The smallest absolute Gasteiger partial charge is 0.149 e. The van der Waals surface area contributed by atoms with Crippen LogP contribution in [0.1, 0.15) is 22.5 Å². The molecule has 0 radical (unpaired) electrons. The molecule has 1 aromatic carbocycles. The zero-order valence-corrected chi connectivity index (χ0v) is 11.5. The molecule has 2 aromatic rings. The monoisotopic (exact) mass is 251 g/mol. The Morgan fingerprint density at radius 2 is 1.95 bits per heavy atom. The lowest BCUT2D eigenvalue weighted by atomic mass is 10.1. The van der Waals surface area contributed by atoms with Crippen molar-refractivity contribution in [2.45, 2.75) is 20.8 Å². The average Bonchev–Trinajstić information content (AvgIpc) is 2.37. The Hall–Kier alpha value is -2.27. The lowest BCUT2D eigenvalue weighted by Gasteiger charge is -2.06. The molecular weight excluding hydrogens is 234 g/mol. The summed E-state index contributed by atoms with van der Waals surface area (Å²) in [6, 6.07) is 11.9. The molecule has 0 fully saturated rings. The van der Waals surface area contributed by atoms with Crippen LogP contribution < -0.4 is 4.74 Å². The van der Waals surface area contributed by atoms with Crippen LogP contribution in [0.3, 0.4) is 0 Å². The van der Waals surface area contributed by atoms with E-state index in [0.717, 1.165) is 22.7 Å². The number of aromatic nitrogens is 1. The summed E-state index contributed by atoms with van der Waals surface area (Å²) in [4.78, 5) is 4.32. The van der Waals surface area contributed by atoms with Gasteiger partial charge in [0.05, 0.1) is 0 Å². The highest BCUT2D eigenvalue weighted by molar-refractivity contribution is 5.36. The predicted octanol–water partition coefficient (Wildman–Crippen LogP) is 3.44. The normalized spacial score (nSPS) is 9.63. The van der Waals surface area contributed by atoms with Gasteiger partial charge in [-0.1, -0.05) is 29.7 Å². The molecular formula is C17H17NO. The molecule has 1 heterocycles. The minimum absolute atomic E-state index is 0.375. The Balaban J connectivity index is 1.97. The Labute approximate surface area is 114 Å². The van der Waals surface area contributed by atoms with Crippen molar-refractivity contribution in [1.82, 2.24) is 4.98 Å². The Morgan fingerprint density at radius 3 is 2.68 bits per heavy atom. The van der Waals surface area contributed by atoms with E-state index in [9.17, 15) is 0 Å².